The number of carbonyl (C=O) groups is 1. The van der Waals surface area contributed by atoms with Gasteiger partial charge >= 0.3 is 0 Å². The van der Waals surface area contributed by atoms with Crippen molar-refractivity contribution in [3.8, 4) is 0 Å². The molecule has 1 amide bonds. The van der Waals surface area contributed by atoms with E-state index in [4.69, 9.17) is 16.6 Å². The van der Waals surface area contributed by atoms with Crippen LogP contribution in [0.1, 0.15) is 43.0 Å². The molecule has 1 aromatic heterocycles. The molecular weight excluding hydrogens is 296 g/mol. The molecule has 0 radical (unpaired) electrons. The van der Waals surface area contributed by atoms with Gasteiger partial charge in [-0.05, 0) is 37.1 Å². The molecule has 4 heteroatoms. The smallest absolute Gasteiger partial charge is 0.229 e. The summed E-state index contributed by atoms with van der Waals surface area (Å²) in [4.78, 5) is 19.0. The molecule has 2 aromatic rings. The highest BCUT2D eigenvalue weighted by Crippen LogP contribution is 2.39. The van der Waals surface area contributed by atoms with E-state index >= 15 is 0 Å². The Morgan fingerprint density at radius 1 is 1.27 bits per heavy atom. The molecule has 22 heavy (non-hydrogen) atoms. The highest BCUT2D eigenvalue weighted by molar-refractivity contribution is 6.30. The largest absolute Gasteiger partial charge is 0.297 e. The van der Waals surface area contributed by atoms with Gasteiger partial charge in [-0.25, -0.2) is 4.98 Å². The fourth-order valence-electron chi connectivity index (χ4n) is 3.04. The second-order valence-corrected chi connectivity index (χ2v) is 5.96. The third-order valence-electron chi connectivity index (χ3n) is 4.20. The first kappa shape index (κ1) is 15.0. The lowest BCUT2D eigenvalue weighted by molar-refractivity contribution is -0.119. The summed E-state index contributed by atoms with van der Waals surface area (Å²) in [6.07, 6.45) is 1.33. The Bertz CT molecular complexity index is 714. The summed E-state index contributed by atoms with van der Waals surface area (Å²) in [5.41, 5.74) is 3.20. The van der Waals surface area contributed by atoms with Crippen LogP contribution in [0, 0.1) is 0 Å². The maximum absolute atomic E-state index is 12.5. The number of hydrogen-bond donors (Lipinski definition) is 0. The molecule has 0 saturated heterocycles. The predicted octanol–water partition coefficient (Wildman–Crippen LogP) is 4.19. The Morgan fingerprint density at radius 3 is 2.77 bits per heavy atom. The van der Waals surface area contributed by atoms with Crippen LogP contribution < -0.4 is 4.90 Å². The van der Waals surface area contributed by atoms with Gasteiger partial charge in [-0.2, -0.15) is 0 Å². The molecule has 0 fully saturated rings. The summed E-state index contributed by atoms with van der Waals surface area (Å²) in [7, 11) is 0. The molecule has 0 saturated carbocycles. The van der Waals surface area contributed by atoms with Gasteiger partial charge < -0.3 is 0 Å². The van der Waals surface area contributed by atoms with E-state index in [1.807, 2.05) is 31.2 Å². The van der Waals surface area contributed by atoms with Gasteiger partial charge in [0.05, 0.1) is 0 Å². The Labute approximate surface area is 135 Å². The van der Waals surface area contributed by atoms with E-state index in [9.17, 15) is 4.79 Å². The highest BCUT2D eigenvalue weighted by atomic mass is 35.5. The van der Waals surface area contributed by atoms with Crippen molar-refractivity contribution in [1.82, 2.24) is 4.98 Å². The van der Waals surface area contributed by atoms with Gasteiger partial charge in [0.1, 0.15) is 5.82 Å². The number of pyridine rings is 1. The normalized spacial score (nSPS) is 17.5. The van der Waals surface area contributed by atoms with Gasteiger partial charge in [-0.3, -0.25) is 9.69 Å². The number of hydrogen-bond acceptors (Lipinski definition) is 2. The summed E-state index contributed by atoms with van der Waals surface area (Å²) in [6, 6.07) is 11.9. The second-order valence-electron chi connectivity index (χ2n) is 5.52. The number of anilines is 1. The van der Waals surface area contributed by atoms with Crippen molar-refractivity contribution in [2.24, 2.45) is 0 Å². The van der Waals surface area contributed by atoms with E-state index in [-0.39, 0.29) is 11.8 Å². The van der Waals surface area contributed by atoms with E-state index in [0.717, 1.165) is 29.1 Å². The van der Waals surface area contributed by atoms with Crippen LogP contribution in [0.3, 0.4) is 0 Å². The van der Waals surface area contributed by atoms with Crippen LogP contribution in [0.4, 0.5) is 5.82 Å². The molecule has 1 aliphatic heterocycles. The minimum atomic E-state index is 0.0300. The number of carbonyl (C=O) groups excluding carboxylic acids is 1. The summed E-state index contributed by atoms with van der Waals surface area (Å²) < 4.78 is 0. The van der Waals surface area contributed by atoms with Gasteiger partial charge in [0.15, 0.2) is 0 Å². The van der Waals surface area contributed by atoms with Crippen molar-refractivity contribution < 1.29 is 4.79 Å². The zero-order valence-corrected chi connectivity index (χ0v) is 13.6. The molecule has 1 unspecified atom stereocenters. The first-order valence-electron chi connectivity index (χ1n) is 7.69. The van der Waals surface area contributed by atoms with Gasteiger partial charge in [0, 0.05) is 35.2 Å². The minimum Gasteiger partial charge on any atom is -0.297 e. The average Bonchev–Trinajstić information content (AvgIpc) is 2.53. The number of halogens is 1. The third-order valence-corrected chi connectivity index (χ3v) is 4.44. The summed E-state index contributed by atoms with van der Waals surface area (Å²) in [5, 5.41) is 0.697. The number of aromatic nitrogens is 1. The molecule has 0 aliphatic carbocycles. The fraction of sp³-hybridized carbons (Fsp3) is 0.333. The number of amides is 1. The zero-order chi connectivity index (χ0) is 15.7. The fourth-order valence-corrected chi connectivity index (χ4v) is 3.24. The average molecular weight is 315 g/mol. The summed E-state index contributed by atoms with van der Waals surface area (Å²) in [5.74, 6) is 0.964. The Hall–Kier alpha value is -1.87. The van der Waals surface area contributed by atoms with E-state index in [0.29, 0.717) is 18.0 Å². The molecule has 1 atom stereocenters. The first-order valence-corrected chi connectivity index (χ1v) is 8.07. The standard InChI is InChI=1S/C18H19ClN2O/c1-3-14-8-9-15-16(12-6-5-7-13(19)10-12)11-17(22)21(4-2)18(15)20-14/h5-10,16H,3-4,11H2,1-2H3. The third kappa shape index (κ3) is 2.61. The number of rotatable bonds is 3. The van der Waals surface area contributed by atoms with Crippen LogP contribution in [-0.2, 0) is 11.2 Å². The Morgan fingerprint density at radius 2 is 2.09 bits per heavy atom. The van der Waals surface area contributed by atoms with Crippen molar-refractivity contribution in [2.75, 3.05) is 11.4 Å². The molecule has 1 aromatic carbocycles. The SMILES string of the molecule is CCc1ccc2c(n1)N(CC)C(=O)CC2c1cccc(Cl)c1. The second kappa shape index (κ2) is 6.09. The molecule has 114 valence electrons. The van der Waals surface area contributed by atoms with Gasteiger partial charge in [0.2, 0.25) is 5.91 Å². The van der Waals surface area contributed by atoms with Crippen LogP contribution in [0.15, 0.2) is 36.4 Å². The minimum absolute atomic E-state index is 0.0300. The number of aryl methyl sites for hydroxylation is 1. The molecule has 2 heterocycles. The highest BCUT2D eigenvalue weighted by Gasteiger charge is 2.32. The maximum atomic E-state index is 12.5. The van der Waals surface area contributed by atoms with E-state index < -0.39 is 0 Å². The van der Waals surface area contributed by atoms with Crippen molar-refractivity contribution >= 4 is 23.3 Å². The topological polar surface area (TPSA) is 33.2 Å². The van der Waals surface area contributed by atoms with Crippen LogP contribution in [0.25, 0.3) is 0 Å². The van der Waals surface area contributed by atoms with Gasteiger partial charge in [0.25, 0.3) is 0 Å². The molecule has 0 spiro atoms. The molecule has 1 aliphatic rings. The summed E-state index contributed by atoms with van der Waals surface area (Å²) >= 11 is 6.12. The predicted molar refractivity (Wildman–Crippen MR) is 89.6 cm³/mol. The lowest BCUT2D eigenvalue weighted by atomic mass is 9.85. The monoisotopic (exact) mass is 314 g/mol. The Kier molecular flexibility index (Phi) is 4.16. The summed E-state index contributed by atoms with van der Waals surface area (Å²) in [6.45, 7) is 4.71. The van der Waals surface area contributed by atoms with Crippen molar-refractivity contribution in [2.45, 2.75) is 32.6 Å². The first-order chi connectivity index (χ1) is 10.6. The number of benzene rings is 1. The maximum Gasteiger partial charge on any atom is 0.229 e. The van der Waals surface area contributed by atoms with Crippen LogP contribution in [0.5, 0.6) is 0 Å². The van der Waals surface area contributed by atoms with Crippen molar-refractivity contribution in [1.29, 1.82) is 0 Å². The zero-order valence-electron chi connectivity index (χ0n) is 12.8. The molecule has 3 nitrogen and oxygen atoms in total. The van der Waals surface area contributed by atoms with Crippen molar-refractivity contribution in [3.63, 3.8) is 0 Å². The van der Waals surface area contributed by atoms with Crippen molar-refractivity contribution in [3.05, 3.63) is 58.2 Å². The Balaban J connectivity index is 2.13. The molecule has 0 bridgehead atoms. The lowest BCUT2D eigenvalue weighted by Gasteiger charge is -2.33. The molecular formula is C18H19ClN2O. The van der Waals surface area contributed by atoms with Crippen LogP contribution in [-0.4, -0.2) is 17.4 Å². The number of fused-ring (bicyclic) bond motifs is 1. The van der Waals surface area contributed by atoms with E-state index in [1.54, 1.807) is 4.90 Å². The van der Waals surface area contributed by atoms with E-state index in [2.05, 4.69) is 19.1 Å². The van der Waals surface area contributed by atoms with Gasteiger partial charge in [-0.1, -0.05) is 36.7 Å². The van der Waals surface area contributed by atoms with Gasteiger partial charge in [-0.15, -0.1) is 0 Å². The molecule has 0 N–H and O–H groups in total. The number of nitrogens with zero attached hydrogens (tertiary/aromatic N) is 2. The van der Waals surface area contributed by atoms with Crippen LogP contribution >= 0.6 is 11.6 Å². The lowest BCUT2D eigenvalue weighted by Crippen LogP contribution is -2.37. The quantitative estimate of drug-likeness (QED) is 0.851. The van der Waals surface area contributed by atoms with E-state index in [1.165, 1.54) is 0 Å². The van der Waals surface area contributed by atoms with Crippen LogP contribution in [0.2, 0.25) is 5.02 Å². The molecule has 3 rings (SSSR count).